The van der Waals surface area contributed by atoms with Gasteiger partial charge in [0.1, 0.15) is 0 Å². The lowest BCUT2D eigenvalue weighted by Gasteiger charge is -2.21. The van der Waals surface area contributed by atoms with Crippen LogP contribution in [0.3, 0.4) is 0 Å². The van der Waals surface area contributed by atoms with Crippen LogP contribution in [-0.4, -0.2) is 15.9 Å². The van der Waals surface area contributed by atoms with Crippen LogP contribution in [-0.2, 0) is 16.8 Å². The van der Waals surface area contributed by atoms with Gasteiger partial charge in [-0.15, -0.1) is 0 Å². The molecule has 1 aliphatic rings. The lowest BCUT2D eigenvalue weighted by Crippen LogP contribution is -2.38. The quantitative estimate of drug-likeness (QED) is 0.887. The maximum absolute atomic E-state index is 12.4. The van der Waals surface area contributed by atoms with Gasteiger partial charge in [-0.2, -0.15) is 5.26 Å². The molecule has 1 saturated carbocycles. The highest BCUT2D eigenvalue weighted by molar-refractivity contribution is 5.80. The van der Waals surface area contributed by atoms with E-state index < -0.39 is 0 Å². The van der Waals surface area contributed by atoms with E-state index in [1.165, 1.54) is 0 Å². The molecule has 112 valence electrons. The first-order valence-electron chi connectivity index (χ1n) is 7.43. The highest BCUT2D eigenvalue weighted by atomic mass is 16.2. The highest BCUT2D eigenvalue weighted by Crippen LogP contribution is 2.45. The summed E-state index contributed by atoms with van der Waals surface area (Å²) in [6.45, 7) is 1.91. The first-order chi connectivity index (χ1) is 10.6. The van der Waals surface area contributed by atoms with Crippen LogP contribution in [0.25, 0.3) is 0 Å². The third-order valence-electron chi connectivity index (χ3n) is 4.19. The number of nitriles is 1. The Bertz CT molecular complexity index is 711. The van der Waals surface area contributed by atoms with E-state index in [1.54, 1.807) is 18.6 Å². The molecular weight excluding hydrogens is 276 g/mol. The molecule has 5 heteroatoms. The SMILES string of the molecule is CC(Cc1cnc[nH]1)C(=O)NC1(c2cccc(C#N)c2)CC1. The maximum Gasteiger partial charge on any atom is 0.223 e. The molecule has 1 heterocycles. The molecule has 1 aromatic heterocycles. The van der Waals surface area contributed by atoms with Crippen LogP contribution in [0.2, 0.25) is 0 Å². The van der Waals surface area contributed by atoms with Gasteiger partial charge in [0.2, 0.25) is 5.91 Å². The van der Waals surface area contributed by atoms with E-state index in [2.05, 4.69) is 21.4 Å². The van der Waals surface area contributed by atoms with Gasteiger partial charge < -0.3 is 10.3 Å². The smallest absolute Gasteiger partial charge is 0.223 e. The molecule has 1 aliphatic carbocycles. The fourth-order valence-electron chi connectivity index (χ4n) is 2.68. The number of amides is 1. The molecule has 0 spiro atoms. The van der Waals surface area contributed by atoms with Crippen molar-refractivity contribution in [2.45, 2.75) is 31.7 Å². The average Bonchev–Trinajstić information content (AvgIpc) is 3.14. The fraction of sp³-hybridized carbons (Fsp3) is 0.353. The van der Waals surface area contributed by atoms with Gasteiger partial charge >= 0.3 is 0 Å². The Morgan fingerprint density at radius 2 is 2.36 bits per heavy atom. The van der Waals surface area contributed by atoms with Gasteiger partial charge in [0.25, 0.3) is 0 Å². The third kappa shape index (κ3) is 2.86. The van der Waals surface area contributed by atoms with Crippen LogP contribution in [0.4, 0.5) is 0 Å². The Labute approximate surface area is 129 Å². The number of carbonyl (C=O) groups excluding carboxylic acids is 1. The number of rotatable bonds is 5. The predicted molar refractivity (Wildman–Crippen MR) is 81.7 cm³/mol. The van der Waals surface area contributed by atoms with Gasteiger partial charge in [0.05, 0.1) is 23.5 Å². The Kier molecular flexibility index (Phi) is 3.68. The normalized spacial score (nSPS) is 16.5. The van der Waals surface area contributed by atoms with Crippen LogP contribution in [0.5, 0.6) is 0 Å². The minimum absolute atomic E-state index is 0.0365. The number of aromatic amines is 1. The van der Waals surface area contributed by atoms with Crippen LogP contribution in [0.15, 0.2) is 36.8 Å². The molecule has 1 fully saturated rings. The number of nitrogens with zero attached hydrogens (tertiary/aromatic N) is 2. The molecule has 1 unspecified atom stereocenters. The van der Waals surface area contributed by atoms with Crippen LogP contribution in [0, 0.1) is 17.2 Å². The Hall–Kier alpha value is -2.61. The number of nitrogens with one attached hydrogen (secondary N) is 2. The Morgan fingerprint density at radius 3 is 3.00 bits per heavy atom. The second-order valence-corrected chi connectivity index (χ2v) is 5.95. The summed E-state index contributed by atoms with van der Waals surface area (Å²) in [5, 5.41) is 12.2. The lowest BCUT2D eigenvalue weighted by atomic mass is 10.00. The molecule has 3 rings (SSSR count). The predicted octanol–water partition coefficient (Wildman–Crippen LogP) is 2.27. The number of H-pyrrole nitrogens is 1. The minimum atomic E-state index is -0.286. The number of aromatic nitrogens is 2. The van der Waals surface area contributed by atoms with Crippen molar-refractivity contribution in [1.29, 1.82) is 5.26 Å². The van der Waals surface area contributed by atoms with Crippen molar-refractivity contribution in [2.75, 3.05) is 0 Å². The standard InChI is InChI=1S/C17H18N4O/c1-12(7-15-10-19-11-20-15)16(22)21-17(5-6-17)14-4-2-3-13(8-14)9-18/h2-4,8,10-12H,5-7H2,1H3,(H,19,20)(H,21,22). The van der Waals surface area contributed by atoms with E-state index in [0.29, 0.717) is 12.0 Å². The molecule has 2 aromatic rings. The molecule has 1 aromatic carbocycles. The molecular formula is C17H18N4O. The van der Waals surface area contributed by atoms with Crippen molar-refractivity contribution in [3.8, 4) is 6.07 Å². The number of carbonyl (C=O) groups is 1. The zero-order valence-corrected chi connectivity index (χ0v) is 12.5. The van der Waals surface area contributed by atoms with Gasteiger partial charge in [-0.1, -0.05) is 19.1 Å². The van der Waals surface area contributed by atoms with Gasteiger partial charge in [-0.3, -0.25) is 4.79 Å². The summed E-state index contributed by atoms with van der Waals surface area (Å²) >= 11 is 0. The molecule has 0 aliphatic heterocycles. The zero-order chi connectivity index (χ0) is 15.6. The van der Waals surface area contributed by atoms with Crippen LogP contribution in [0.1, 0.15) is 36.6 Å². The maximum atomic E-state index is 12.4. The largest absolute Gasteiger partial charge is 0.348 e. The van der Waals surface area contributed by atoms with E-state index in [4.69, 9.17) is 5.26 Å². The second kappa shape index (κ2) is 5.64. The Balaban J connectivity index is 1.69. The van der Waals surface area contributed by atoms with Crippen molar-refractivity contribution >= 4 is 5.91 Å². The van der Waals surface area contributed by atoms with Crippen molar-refractivity contribution in [2.24, 2.45) is 5.92 Å². The number of hydrogen-bond donors (Lipinski definition) is 2. The first-order valence-corrected chi connectivity index (χ1v) is 7.43. The van der Waals surface area contributed by atoms with E-state index in [1.807, 2.05) is 25.1 Å². The molecule has 22 heavy (non-hydrogen) atoms. The average molecular weight is 294 g/mol. The molecule has 0 saturated heterocycles. The summed E-state index contributed by atoms with van der Waals surface area (Å²) < 4.78 is 0. The molecule has 0 radical (unpaired) electrons. The number of imidazole rings is 1. The topological polar surface area (TPSA) is 81.6 Å². The van der Waals surface area contributed by atoms with E-state index >= 15 is 0 Å². The van der Waals surface area contributed by atoms with Gasteiger partial charge in [0, 0.05) is 24.2 Å². The summed E-state index contributed by atoms with van der Waals surface area (Å²) in [5.41, 5.74) is 2.32. The summed E-state index contributed by atoms with van der Waals surface area (Å²) in [6.07, 6.45) is 5.84. The van der Waals surface area contributed by atoms with Crippen molar-refractivity contribution in [1.82, 2.24) is 15.3 Å². The lowest BCUT2D eigenvalue weighted by molar-refractivity contribution is -0.125. The van der Waals surface area contributed by atoms with Crippen LogP contribution < -0.4 is 5.32 Å². The zero-order valence-electron chi connectivity index (χ0n) is 12.5. The number of hydrogen-bond acceptors (Lipinski definition) is 3. The summed E-state index contributed by atoms with van der Waals surface area (Å²) in [5.74, 6) is -0.0912. The summed E-state index contributed by atoms with van der Waals surface area (Å²) in [6, 6.07) is 9.65. The molecule has 5 nitrogen and oxygen atoms in total. The molecule has 2 N–H and O–H groups in total. The molecule has 0 bridgehead atoms. The van der Waals surface area contributed by atoms with Crippen molar-refractivity contribution < 1.29 is 4.79 Å². The Morgan fingerprint density at radius 1 is 1.55 bits per heavy atom. The third-order valence-corrected chi connectivity index (χ3v) is 4.19. The van der Waals surface area contributed by atoms with Crippen molar-refractivity contribution in [3.63, 3.8) is 0 Å². The van der Waals surface area contributed by atoms with E-state index in [-0.39, 0.29) is 17.4 Å². The van der Waals surface area contributed by atoms with E-state index in [0.717, 1.165) is 24.1 Å². The molecule has 1 atom stereocenters. The van der Waals surface area contributed by atoms with Gasteiger partial charge in [0.15, 0.2) is 0 Å². The highest BCUT2D eigenvalue weighted by Gasteiger charge is 2.46. The van der Waals surface area contributed by atoms with Gasteiger partial charge in [-0.25, -0.2) is 4.98 Å². The van der Waals surface area contributed by atoms with Crippen LogP contribution >= 0.6 is 0 Å². The van der Waals surface area contributed by atoms with E-state index in [9.17, 15) is 4.79 Å². The first kappa shape index (κ1) is 14.3. The molecule has 1 amide bonds. The summed E-state index contributed by atoms with van der Waals surface area (Å²) in [7, 11) is 0. The number of benzene rings is 1. The fourth-order valence-corrected chi connectivity index (χ4v) is 2.68. The minimum Gasteiger partial charge on any atom is -0.348 e. The van der Waals surface area contributed by atoms with Crippen molar-refractivity contribution in [3.05, 3.63) is 53.6 Å². The monoisotopic (exact) mass is 294 g/mol. The summed E-state index contributed by atoms with van der Waals surface area (Å²) in [4.78, 5) is 19.4. The second-order valence-electron chi connectivity index (χ2n) is 5.95. The van der Waals surface area contributed by atoms with Gasteiger partial charge in [-0.05, 0) is 30.5 Å².